The van der Waals surface area contributed by atoms with Gasteiger partial charge in [-0.2, -0.15) is 0 Å². The quantitative estimate of drug-likeness (QED) is 0.501. The molecule has 7 nitrogen and oxygen atoms in total. The summed E-state index contributed by atoms with van der Waals surface area (Å²) in [7, 11) is 0. The van der Waals surface area contributed by atoms with Gasteiger partial charge in [0, 0.05) is 19.9 Å². The molecule has 98 valence electrons. The summed E-state index contributed by atoms with van der Waals surface area (Å²) in [4.78, 5) is 29.5. The average Bonchev–Trinajstić information content (AvgIpc) is 2.25. The number of para-hydroxylation sites is 1. The number of carbonyl (C=O) groups excluding carboxylic acids is 1. The number of hydrogen-bond donors (Lipinski definition) is 1. The maximum absolute atomic E-state index is 10.5. The molecule has 7 heteroatoms. The van der Waals surface area contributed by atoms with Gasteiger partial charge in [-0.25, -0.2) is 0 Å². The Hall–Kier alpha value is -2.44. The van der Waals surface area contributed by atoms with Crippen LogP contribution < -0.4 is 0 Å². The van der Waals surface area contributed by atoms with Crippen molar-refractivity contribution in [2.75, 3.05) is 0 Å². The molecule has 0 fully saturated rings. The van der Waals surface area contributed by atoms with Crippen molar-refractivity contribution < 1.29 is 24.4 Å². The predicted octanol–water partition coefficient (Wildman–Crippen LogP) is 1.75. The van der Waals surface area contributed by atoms with Crippen LogP contribution >= 0.6 is 0 Å². The van der Waals surface area contributed by atoms with Gasteiger partial charge in [-0.15, -0.1) is 0 Å². The predicted molar refractivity (Wildman–Crippen MR) is 61.9 cm³/mol. The lowest BCUT2D eigenvalue weighted by Gasteiger charge is -2.02. The topological polar surface area (TPSA) is 107 Å². The Labute approximate surface area is 103 Å². The number of hydrogen-bond acceptors (Lipinski definition) is 5. The van der Waals surface area contributed by atoms with Crippen molar-refractivity contribution in [1.82, 2.24) is 0 Å². The van der Waals surface area contributed by atoms with Gasteiger partial charge in [0.05, 0.1) is 10.5 Å². The summed E-state index contributed by atoms with van der Waals surface area (Å²) in [5, 5.41) is 17.9. The van der Waals surface area contributed by atoms with Crippen LogP contribution in [0, 0.1) is 10.1 Å². The summed E-state index contributed by atoms with van der Waals surface area (Å²) in [5.41, 5.74) is 0.362. The van der Waals surface area contributed by atoms with Crippen molar-refractivity contribution in [2.45, 2.75) is 20.5 Å². The molecule has 1 rings (SSSR count). The number of nitro groups is 1. The van der Waals surface area contributed by atoms with Crippen LogP contribution in [0.2, 0.25) is 0 Å². The molecule has 0 spiro atoms. The average molecular weight is 255 g/mol. The lowest BCUT2D eigenvalue weighted by molar-refractivity contribution is -0.385. The second-order valence-electron chi connectivity index (χ2n) is 3.19. The van der Waals surface area contributed by atoms with E-state index in [0.717, 1.165) is 6.92 Å². The summed E-state index contributed by atoms with van der Waals surface area (Å²) in [5.74, 6) is -1.29. The molecule has 0 heterocycles. The van der Waals surface area contributed by atoms with E-state index in [1.807, 2.05) is 0 Å². The van der Waals surface area contributed by atoms with E-state index in [0.29, 0.717) is 5.56 Å². The van der Waals surface area contributed by atoms with Gasteiger partial charge in [-0.1, -0.05) is 12.1 Å². The third-order valence-electron chi connectivity index (χ3n) is 1.62. The second-order valence-corrected chi connectivity index (χ2v) is 3.19. The molecular formula is C11H13NO6. The standard InChI is InChI=1S/C9H9NO4.C2H4O2/c1-7(11)14-6-8-4-2-3-5-9(8)10(12)13;1-2(3)4/h2-5H,6H2,1H3;1H3,(H,3,4). The molecule has 0 atom stereocenters. The molecular weight excluding hydrogens is 242 g/mol. The van der Waals surface area contributed by atoms with Crippen LogP contribution in [0.1, 0.15) is 19.4 Å². The Morgan fingerprint density at radius 1 is 1.33 bits per heavy atom. The zero-order valence-corrected chi connectivity index (χ0v) is 9.95. The molecule has 0 amide bonds. The van der Waals surface area contributed by atoms with Gasteiger partial charge in [-0.3, -0.25) is 19.7 Å². The number of benzene rings is 1. The number of aliphatic carboxylic acids is 1. The second kappa shape index (κ2) is 7.77. The van der Waals surface area contributed by atoms with E-state index in [1.54, 1.807) is 18.2 Å². The number of nitrogens with zero attached hydrogens (tertiary/aromatic N) is 1. The first-order valence-electron chi connectivity index (χ1n) is 4.89. The number of carboxylic acid groups (broad SMARTS) is 1. The molecule has 1 aromatic carbocycles. The number of carbonyl (C=O) groups is 2. The Morgan fingerprint density at radius 2 is 1.83 bits per heavy atom. The Morgan fingerprint density at radius 3 is 2.28 bits per heavy atom. The van der Waals surface area contributed by atoms with Gasteiger partial charge in [0.15, 0.2) is 0 Å². The van der Waals surface area contributed by atoms with Crippen LogP contribution in [0.15, 0.2) is 24.3 Å². The molecule has 0 saturated carbocycles. The highest BCUT2D eigenvalue weighted by Crippen LogP contribution is 2.18. The minimum Gasteiger partial charge on any atom is -0.481 e. The summed E-state index contributed by atoms with van der Waals surface area (Å²) >= 11 is 0. The highest BCUT2D eigenvalue weighted by Gasteiger charge is 2.12. The molecule has 0 aliphatic heterocycles. The van der Waals surface area contributed by atoms with Gasteiger partial charge in [0.2, 0.25) is 0 Å². The maximum Gasteiger partial charge on any atom is 0.302 e. The van der Waals surface area contributed by atoms with Crippen molar-refractivity contribution in [3.63, 3.8) is 0 Å². The van der Waals surface area contributed by atoms with Gasteiger partial charge >= 0.3 is 5.97 Å². The molecule has 0 aliphatic carbocycles. The number of rotatable bonds is 3. The third-order valence-corrected chi connectivity index (χ3v) is 1.62. The van der Waals surface area contributed by atoms with Gasteiger partial charge in [0.1, 0.15) is 6.61 Å². The van der Waals surface area contributed by atoms with Crippen LogP contribution in [0.25, 0.3) is 0 Å². The first kappa shape index (κ1) is 15.6. The van der Waals surface area contributed by atoms with Crippen LogP contribution in [-0.4, -0.2) is 22.0 Å². The summed E-state index contributed by atoms with van der Waals surface area (Å²) < 4.78 is 4.68. The lowest BCUT2D eigenvalue weighted by atomic mass is 10.2. The van der Waals surface area contributed by atoms with E-state index in [9.17, 15) is 14.9 Å². The fourth-order valence-corrected chi connectivity index (χ4v) is 0.990. The normalized spacial score (nSPS) is 8.78. The molecule has 0 aliphatic rings. The van der Waals surface area contributed by atoms with Gasteiger partial charge in [-0.05, 0) is 6.07 Å². The zero-order valence-electron chi connectivity index (χ0n) is 9.95. The number of nitro benzene ring substituents is 1. The molecule has 1 N–H and O–H groups in total. The first-order chi connectivity index (χ1) is 8.34. The van der Waals surface area contributed by atoms with Crippen LogP contribution in [-0.2, 0) is 20.9 Å². The minimum atomic E-state index is -0.833. The minimum absolute atomic E-state index is 0.0336. The molecule has 18 heavy (non-hydrogen) atoms. The lowest BCUT2D eigenvalue weighted by Crippen LogP contribution is -2.01. The molecule has 0 unspecified atom stereocenters. The highest BCUT2D eigenvalue weighted by atomic mass is 16.6. The SMILES string of the molecule is CC(=O)O.CC(=O)OCc1ccccc1[N+](=O)[O-]. The van der Waals surface area contributed by atoms with Crippen molar-refractivity contribution in [3.8, 4) is 0 Å². The Kier molecular flexibility index (Phi) is 6.72. The van der Waals surface area contributed by atoms with Gasteiger partial charge < -0.3 is 9.84 Å². The van der Waals surface area contributed by atoms with E-state index in [2.05, 4.69) is 4.74 Å². The smallest absolute Gasteiger partial charge is 0.302 e. The highest BCUT2D eigenvalue weighted by molar-refractivity contribution is 5.66. The summed E-state index contributed by atoms with van der Waals surface area (Å²) in [6.07, 6.45) is 0. The molecule has 0 aromatic heterocycles. The first-order valence-corrected chi connectivity index (χ1v) is 4.89. The third kappa shape index (κ3) is 6.94. The fourth-order valence-electron chi connectivity index (χ4n) is 0.990. The largest absolute Gasteiger partial charge is 0.481 e. The van der Waals surface area contributed by atoms with Crippen LogP contribution in [0.5, 0.6) is 0 Å². The van der Waals surface area contributed by atoms with E-state index in [-0.39, 0.29) is 12.3 Å². The van der Waals surface area contributed by atoms with Crippen LogP contribution in [0.3, 0.4) is 0 Å². The maximum atomic E-state index is 10.5. The molecule has 1 aromatic rings. The summed E-state index contributed by atoms with van der Waals surface area (Å²) in [6, 6.07) is 6.15. The number of ether oxygens (including phenoxy) is 1. The zero-order chi connectivity index (χ0) is 14.1. The van der Waals surface area contributed by atoms with Crippen molar-refractivity contribution in [3.05, 3.63) is 39.9 Å². The fraction of sp³-hybridized carbons (Fsp3) is 0.273. The van der Waals surface area contributed by atoms with E-state index in [1.165, 1.54) is 13.0 Å². The van der Waals surface area contributed by atoms with Gasteiger partial charge in [0.25, 0.3) is 11.7 Å². The van der Waals surface area contributed by atoms with E-state index >= 15 is 0 Å². The van der Waals surface area contributed by atoms with E-state index < -0.39 is 16.9 Å². The number of esters is 1. The van der Waals surface area contributed by atoms with Crippen molar-refractivity contribution in [1.29, 1.82) is 0 Å². The molecule has 0 radical (unpaired) electrons. The van der Waals surface area contributed by atoms with E-state index in [4.69, 9.17) is 9.90 Å². The van der Waals surface area contributed by atoms with Crippen molar-refractivity contribution in [2.24, 2.45) is 0 Å². The van der Waals surface area contributed by atoms with Crippen LogP contribution in [0.4, 0.5) is 5.69 Å². The Balaban J connectivity index is 0.000000631. The molecule has 0 saturated heterocycles. The monoisotopic (exact) mass is 255 g/mol. The Bertz CT molecular complexity index is 439. The van der Waals surface area contributed by atoms with Crippen molar-refractivity contribution >= 4 is 17.6 Å². The molecule has 0 bridgehead atoms. The number of carboxylic acids is 1. The summed E-state index contributed by atoms with van der Waals surface area (Å²) in [6.45, 7) is 2.28.